The van der Waals surface area contributed by atoms with Crippen LogP contribution in [0.15, 0.2) is 0 Å². The van der Waals surface area contributed by atoms with Crippen molar-refractivity contribution in [2.24, 2.45) is 5.92 Å². The molecule has 28 heavy (non-hydrogen) atoms. The number of carbonyl (C=O) groups is 1. The largest absolute Gasteiger partial charge is 0.462 e. The minimum atomic E-state index is -4.71. The third-order valence-electron chi connectivity index (χ3n) is 4.61. The van der Waals surface area contributed by atoms with E-state index in [1.165, 1.54) is 0 Å². The molecule has 0 saturated carbocycles. The predicted molar refractivity (Wildman–Crippen MR) is 108 cm³/mol. The fourth-order valence-corrected chi connectivity index (χ4v) is 3.49. The van der Waals surface area contributed by atoms with Gasteiger partial charge in [-0.3, -0.25) is 4.79 Å². The lowest BCUT2D eigenvalue weighted by Crippen LogP contribution is -2.54. The third-order valence-corrected chi connectivity index (χ3v) is 6.19. The maximum absolute atomic E-state index is 13.8. The van der Waals surface area contributed by atoms with Gasteiger partial charge in [-0.1, -0.05) is 52.4 Å². The third kappa shape index (κ3) is 10.8. The van der Waals surface area contributed by atoms with Crippen LogP contribution in [0.1, 0.15) is 92.9 Å². The number of alkyl halides is 3. The molecule has 0 aromatic carbocycles. The minimum absolute atomic E-state index is 0.0555. The zero-order valence-electron chi connectivity index (χ0n) is 18.2. The van der Waals surface area contributed by atoms with Crippen molar-refractivity contribution in [1.82, 2.24) is 4.72 Å². The van der Waals surface area contributed by atoms with Crippen LogP contribution < -0.4 is 4.72 Å². The number of esters is 1. The molecule has 0 heterocycles. The Kier molecular flexibility index (Phi) is 12.5. The van der Waals surface area contributed by atoms with Crippen molar-refractivity contribution in [3.63, 3.8) is 0 Å². The molecule has 0 rings (SSSR count). The number of hydrogen-bond acceptors (Lipinski definition) is 3. The highest BCUT2D eigenvalue weighted by molar-refractivity contribution is 7.84. The molecule has 0 aliphatic rings. The van der Waals surface area contributed by atoms with Gasteiger partial charge in [-0.2, -0.15) is 13.2 Å². The molecule has 0 aliphatic heterocycles. The summed E-state index contributed by atoms with van der Waals surface area (Å²) in [4.78, 5) is 12.5. The zero-order valence-corrected chi connectivity index (χ0v) is 19.0. The first-order valence-electron chi connectivity index (χ1n) is 10.3. The number of carbonyl (C=O) groups excluding carboxylic acids is 1. The number of ether oxygens (including phenoxy) is 1. The first kappa shape index (κ1) is 27.4. The Morgan fingerprint density at radius 1 is 1.04 bits per heavy atom. The molecule has 1 unspecified atom stereocenters. The molecule has 0 amide bonds. The number of hydrogen-bond donors (Lipinski definition) is 1. The van der Waals surface area contributed by atoms with E-state index in [9.17, 15) is 22.2 Å². The average Bonchev–Trinajstić information content (AvgIpc) is 2.57. The summed E-state index contributed by atoms with van der Waals surface area (Å²) in [5.74, 6) is -2.28. The lowest BCUT2D eigenvalue weighted by molar-refractivity contribution is -0.182. The van der Waals surface area contributed by atoms with Crippen LogP contribution in [0.25, 0.3) is 0 Å². The van der Waals surface area contributed by atoms with E-state index in [2.05, 4.69) is 11.6 Å². The minimum Gasteiger partial charge on any atom is -0.462 e. The molecule has 4 atom stereocenters. The van der Waals surface area contributed by atoms with Gasteiger partial charge in [0.25, 0.3) is 0 Å². The molecule has 8 heteroatoms. The van der Waals surface area contributed by atoms with Crippen molar-refractivity contribution in [2.45, 2.75) is 116 Å². The van der Waals surface area contributed by atoms with Crippen molar-refractivity contribution in [3.8, 4) is 0 Å². The molecule has 0 spiro atoms. The van der Waals surface area contributed by atoms with Crippen LogP contribution in [-0.4, -0.2) is 33.2 Å². The second kappa shape index (κ2) is 12.8. The second-order valence-corrected chi connectivity index (χ2v) is 10.3. The number of halogens is 3. The number of nitrogens with one attached hydrogen (secondary N) is 1. The molecule has 0 saturated heterocycles. The van der Waals surface area contributed by atoms with Gasteiger partial charge in [0.2, 0.25) is 0 Å². The molecule has 0 aromatic heterocycles. The normalized spacial score (nSPS) is 17.0. The summed E-state index contributed by atoms with van der Waals surface area (Å²) < 4.78 is 60.2. The lowest BCUT2D eigenvalue weighted by Gasteiger charge is -2.31. The van der Waals surface area contributed by atoms with Gasteiger partial charge in [0.15, 0.2) is 0 Å². The molecule has 168 valence electrons. The van der Waals surface area contributed by atoms with E-state index in [0.717, 1.165) is 32.1 Å². The molecular weight excluding hydrogens is 391 g/mol. The van der Waals surface area contributed by atoms with E-state index in [-0.39, 0.29) is 6.42 Å². The predicted octanol–water partition coefficient (Wildman–Crippen LogP) is 5.68. The Morgan fingerprint density at radius 3 is 2.04 bits per heavy atom. The molecule has 0 aliphatic carbocycles. The molecular formula is C20H38F3NO3S. The van der Waals surface area contributed by atoms with Crippen molar-refractivity contribution in [1.29, 1.82) is 0 Å². The van der Waals surface area contributed by atoms with Crippen LogP contribution in [0.5, 0.6) is 0 Å². The summed E-state index contributed by atoms with van der Waals surface area (Å²) in [6.45, 7) is 10.3. The molecule has 0 bridgehead atoms. The average molecular weight is 430 g/mol. The highest BCUT2D eigenvalue weighted by atomic mass is 32.2. The Morgan fingerprint density at radius 2 is 1.57 bits per heavy atom. The van der Waals surface area contributed by atoms with Gasteiger partial charge >= 0.3 is 12.1 Å². The van der Waals surface area contributed by atoms with E-state index in [1.807, 2.05) is 0 Å². The number of unbranched alkanes of at least 4 members (excludes halogenated alkanes) is 5. The van der Waals surface area contributed by atoms with E-state index in [1.54, 1.807) is 34.6 Å². The second-order valence-electron chi connectivity index (χ2n) is 8.34. The molecule has 0 fully saturated rings. The zero-order chi connectivity index (χ0) is 22.0. The van der Waals surface area contributed by atoms with Crippen LogP contribution in [0.3, 0.4) is 0 Å². The summed E-state index contributed by atoms with van der Waals surface area (Å²) in [6.07, 6.45) is 0.823. The van der Waals surface area contributed by atoms with E-state index < -0.39 is 45.9 Å². The summed E-state index contributed by atoms with van der Waals surface area (Å²) >= 11 is 0. The summed E-state index contributed by atoms with van der Waals surface area (Å²) in [6, 6.07) is -2.19. The maximum Gasteiger partial charge on any atom is 0.405 e. The number of rotatable bonds is 13. The van der Waals surface area contributed by atoms with Gasteiger partial charge in [-0.15, -0.1) is 0 Å². The molecule has 1 N–H and O–H groups in total. The summed E-state index contributed by atoms with van der Waals surface area (Å²) in [7, 11) is -1.95. The summed E-state index contributed by atoms with van der Waals surface area (Å²) in [5.41, 5.74) is 0. The van der Waals surface area contributed by atoms with E-state index in [0.29, 0.717) is 12.8 Å². The highest BCUT2D eigenvalue weighted by Crippen LogP contribution is 2.31. The summed E-state index contributed by atoms with van der Waals surface area (Å²) in [5, 5.41) is 0. The van der Waals surface area contributed by atoms with Crippen molar-refractivity contribution >= 4 is 17.0 Å². The first-order chi connectivity index (χ1) is 12.8. The van der Waals surface area contributed by atoms with E-state index in [4.69, 9.17) is 4.74 Å². The Balaban J connectivity index is 5.34. The SMILES string of the molecule is CCCCCCCC[C@@H](C(=O)OC(C)CC)[C@@H](N[S@](=O)C(C)(C)C)C(F)(F)F. The van der Waals surface area contributed by atoms with Gasteiger partial charge < -0.3 is 4.74 Å². The Hall–Kier alpha value is -0.630. The van der Waals surface area contributed by atoms with Gasteiger partial charge in [0.1, 0.15) is 6.04 Å². The van der Waals surface area contributed by atoms with Crippen molar-refractivity contribution in [3.05, 3.63) is 0 Å². The van der Waals surface area contributed by atoms with Crippen LogP contribution in [0, 0.1) is 5.92 Å². The van der Waals surface area contributed by atoms with Gasteiger partial charge in [0, 0.05) is 0 Å². The Labute approximate surface area is 171 Å². The van der Waals surface area contributed by atoms with Crippen molar-refractivity contribution < 1.29 is 26.9 Å². The monoisotopic (exact) mass is 429 g/mol. The molecule has 0 aromatic rings. The van der Waals surface area contributed by atoms with E-state index >= 15 is 0 Å². The molecule has 4 nitrogen and oxygen atoms in total. The lowest BCUT2D eigenvalue weighted by atomic mass is 9.93. The fourth-order valence-electron chi connectivity index (χ4n) is 2.60. The van der Waals surface area contributed by atoms with Crippen LogP contribution in [0.2, 0.25) is 0 Å². The van der Waals surface area contributed by atoms with Gasteiger partial charge in [-0.05, 0) is 40.5 Å². The molecule has 0 radical (unpaired) electrons. The topological polar surface area (TPSA) is 55.4 Å². The quantitative estimate of drug-likeness (QED) is 0.303. The van der Waals surface area contributed by atoms with Gasteiger partial charge in [0.05, 0.1) is 27.8 Å². The van der Waals surface area contributed by atoms with Crippen LogP contribution in [0.4, 0.5) is 13.2 Å². The maximum atomic E-state index is 13.8. The first-order valence-corrected chi connectivity index (χ1v) is 11.4. The smallest absolute Gasteiger partial charge is 0.405 e. The highest BCUT2D eigenvalue weighted by Gasteiger charge is 2.49. The van der Waals surface area contributed by atoms with Gasteiger partial charge in [-0.25, -0.2) is 8.93 Å². The fraction of sp³-hybridized carbons (Fsp3) is 0.950. The standard InChI is InChI=1S/C20H38F3NO3S/c1-7-9-10-11-12-13-14-16(18(25)27-15(3)8-2)17(20(21,22)23)24-28(26)19(4,5)6/h15-17,24H,7-14H2,1-6H3/t15?,16-,17-,28-/m1/s1. The van der Waals surface area contributed by atoms with Crippen molar-refractivity contribution in [2.75, 3.05) is 0 Å². The Bertz CT molecular complexity index is 478. The van der Waals surface area contributed by atoms with Crippen LogP contribution in [-0.2, 0) is 20.5 Å². The van der Waals surface area contributed by atoms with Crippen LogP contribution >= 0.6 is 0 Å².